The van der Waals surface area contributed by atoms with Crippen molar-refractivity contribution in [2.45, 2.75) is 19.4 Å². The molecule has 1 saturated heterocycles. The van der Waals surface area contributed by atoms with E-state index < -0.39 is 5.82 Å². The van der Waals surface area contributed by atoms with Crippen LogP contribution in [0.5, 0.6) is 5.88 Å². The summed E-state index contributed by atoms with van der Waals surface area (Å²) in [5, 5.41) is 0.495. The fourth-order valence-electron chi connectivity index (χ4n) is 3.09. The van der Waals surface area contributed by atoms with Crippen LogP contribution in [0.25, 0.3) is 11.0 Å². The van der Waals surface area contributed by atoms with Crippen LogP contribution in [0.3, 0.4) is 0 Å². The Hall–Kier alpha value is -2.89. The first-order valence-corrected chi connectivity index (χ1v) is 8.16. The molecular weight excluding hydrogens is 323 g/mol. The van der Waals surface area contributed by atoms with Gasteiger partial charge >= 0.3 is 0 Å². The van der Waals surface area contributed by atoms with E-state index in [1.807, 2.05) is 19.1 Å². The van der Waals surface area contributed by atoms with Crippen LogP contribution in [0.1, 0.15) is 22.3 Å². The molecule has 3 aromatic rings. The highest BCUT2D eigenvalue weighted by Crippen LogP contribution is 2.26. The predicted molar refractivity (Wildman–Crippen MR) is 90.1 cm³/mol. The topological polar surface area (TPSA) is 55.6 Å². The van der Waals surface area contributed by atoms with Gasteiger partial charge in [-0.25, -0.2) is 9.37 Å². The number of furan rings is 1. The lowest BCUT2D eigenvalue weighted by atomic mass is 10.1. The van der Waals surface area contributed by atoms with Crippen molar-refractivity contribution < 1.29 is 18.3 Å². The smallest absolute Gasteiger partial charge is 0.254 e. The lowest BCUT2D eigenvalue weighted by Crippen LogP contribution is -2.31. The highest BCUT2D eigenvalue weighted by atomic mass is 19.1. The van der Waals surface area contributed by atoms with Gasteiger partial charge in [0, 0.05) is 30.6 Å². The van der Waals surface area contributed by atoms with Crippen LogP contribution in [-0.2, 0) is 0 Å². The SMILES string of the molecule is Cc1ccc(OC2CCN(C(=O)c3ccc(F)c4occc34)C2)nc1. The second kappa shape index (κ2) is 6.20. The molecule has 6 heteroatoms. The summed E-state index contributed by atoms with van der Waals surface area (Å²) < 4.78 is 24.7. The van der Waals surface area contributed by atoms with Crippen molar-refractivity contribution in [2.24, 2.45) is 0 Å². The Labute approximate surface area is 144 Å². The molecule has 1 aromatic carbocycles. The van der Waals surface area contributed by atoms with Gasteiger partial charge in [0.2, 0.25) is 5.88 Å². The molecule has 25 heavy (non-hydrogen) atoms. The van der Waals surface area contributed by atoms with Gasteiger partial charge in [-0.15, -0.1) is 0 Å². The van der Waals surface area contributed by atoms with Gasteiger partial charge in [0.1, 0.15) is 6.10 Å². The minimum atomic E-state index is -0.468. The molecule has 0 saturated carbocycles. The number of aromatic nitrogens is 1. The van der Waals surface area contributed by atoms with Crippen molar-refractivity contribution in [3.8, 4) is 5.88 Å². The molecule has 4 rings (SSSR count). The number of carbonyl (C=O) groups is 1. The lowest BCUT2D eigenvalue weighted by Gasteiger charge is -2.17. The summed E-state index contributed by atoms with van der Waals surface area (Å²) in [6, 6.07) is 8.15. The van der Waals surface area contributed by atoms with Crippen LogP contribution in [0, 0.1) is 12.7 Å². The zero-order valence-corrected chi connectivity index (χ0v) is 13.7. The number of hydrogen-bond acceptors (Lipinski definition) is 4. The van der Waals surface area contributed by atoms with Gasteiger partial charge in [-0.2, -0.15) is 0 Å². The second-order valence-corrected chi connectivity index (χ2v) is 6.21. The van der Waals surface area contributed by atoms with Crippen LogP contribution in [0.4, 0.5) is 4.39 Å². The Morgan fingerprint density at radius 3 is 3.00 bits per heavy atom. The molecule has 1 fully saturated rings. The standard InChI is InChI=1S/C19H17FN2O3/c1-12-2-5-17(21-10-12)25-13-6-8-22(11-13)19(23)15-3-4-16(20)18-14(15)7-9-24-18/h2-5,7,9-10,13H,6,8,11H2,1H3. The first-order valence-electron chi connectivity index (χ1n) is 8.16. The molecule has 0 spiro atoms. The highest BCUT2D eigenvalue weighted by Gasteiger charge is 2.29. The number of likely N-dealkylation sites (tertiary alicyclic amines) is 1. The van der Waals surface area contributed by atoms with Crippen molar-refractivity contribution >= 4 is 16.9 Å². The summed E-state index contributed by atoms with van der Waals surface area (Å²) in [6.45, 7) is 3.03. The summed E-state index contributed by atoms with van der Waals surface area (Å²) in [7, 11) is 0. The van der Waals surface area contributed by atoms with E-state index in [2.05, 4.69) is 4.98 Å². The summed E-state index contributed by atoms with van der Waals surface area (Å²) in [6.07, 6.45) is 3.78. The maximum atomic E-state index is 13.7. The third-order valence-electron chi connectivity index (χ3n) is 4.40. The summed E-state index contributed by atoms with van der Waals surface area (Å²) >= 11 is 0. The Bertz CT molecular complexity index is 920. The van der Waals surface area contributed by atoms with Crippen LogP contribution < -0.4 is 4.74 Å². The number of nitrogens with zero attached hydrogens (tertiary/aromatic N) is 2. The Balaban J connectivity index is 1.49. The molecule has 1 unspecified atom stereocenters. The molecule has 3 heterocycles. The van der Waals surface area contributed by atoms with E-state index in [9.17, 15) is 9.18 Å². The zero-order valence-electron chi connectivity index (χ0n) is 13.7. The van der Waals surface area contributed by atoms with E-state index in [0.717, 1.165) is 12.0 Å². The number of fused-ring (bicyclic) bond motifs is 1. The Kier molecular flexibility index (Phi) is 3.87. The minimum absolute atomic E-state index is 0.0977. The van der Waals surface area contributed by atoms with Crippen LogP contribution >= 0.6 is 0 Å². The largest absolute Gasteiger partial charge is 0.472 e. The van der Waals surface area contributed by atoms with Crippen LogP contribution in [0.2, 0.25) is 0 Å². The molecule has 1 aliphatic heterocycles. The average Bonchev–Trinajstić information content (AvgIpc) is 3.27. The van der Waals surface area contributed by atoms with Gasteiger partial charge in [0.25, 0.3) is 5.91 Å². The first-order chi connectivity index (χ1) is 12.1. The number of rotatable bonds is 3. The van der Waals surface area contributed by atoms with Crippen molar-refractivity contribution in [1.82, 2.24) is 9.88 Å². The number of carbonyl (C=O) groups excluding carboxylic acids is 1. The van der Waals surface area contributed by atoms with Gasteiger partial charge in [-0.1, -0.05) is 6.07 Å². The Morgan fingerprint density at radius 1 is 1.32 bits per heavy atom. The molecule has 1 aliphatic rings. The summed E-state index contributed by atoms with van der Waals surface area (Å²) in [5.41, 5.74) is 1.62. The van der Waals surface area contributed by atoms with E-state index >= 15 is 0 Å². The lowest BCUT2D eigenvalue weighted by molar-refractivity contribution is 0.0773. The number of amides is 1. The van der Waals surface area contributed by atoms with E-state index in [1.165, 1.54) is 18.4 Å². The van der Waals surface area contributed by atoms with Crippen molar-refractivity contribution in [2.75, 3.05) is 13.1 Å². The number of benzene rings is 1. The predicted octanol–water partition coefficient (Wildman–Crippen LogP) is 3.57. The molecular formula is C19H17FN2O3. The zero-order chi connectivity index (χ0) is 17.4. The Morgan fingerprint density at radius 2 is 2.20 bits per heavy atom. The van der Waals surface area contributed by atoms with Gasteiger partial charge in [-0.05, 0) is 30.7 Å². The van der Waals surface area contributed by atoms with Gasteiger partial charge in [0.15, 0.2) is 11.4 Å². The maximum Gasteiger partial charge on any atom is 0.254 e. The summed E-state index contributed by atoms with van der Waals surface area (Å²) in [4.78, 5) is 18.8. The van der Waals surface area contributed by atoms with E-state index in [0.29, 0.717) is 29.9 Å². The molecule has 128 valence electrons. The molecule has 0 bridgehead atoms. The molecule has 0 radical (unpaired) electrons. The number of aryl methyl sites for hydroxylation is 1. The fraction of sp³-hybridized carbons (Fsp3) is 0.263. The van der Waals surface area contributed by atoms with Gasteiger partial charge in [-0.3, -0.25) is 4.79 Å². The molecule has 1 atom stereocenters. The van der Waals surface area contributed by atoms with E-state index in [1.54, 1.807) is 17.2 Å². The third kappa shape index (κ3) is 2.95. The number of pyridine rings is 1. The quantitative estimate of drug-likeness (QED) is 0.731. The van der Waals surface area contributed by atoms with Crippen molar-refractivity contribution in [1.29, 1.82) is 0 Å². The number of hydrogen-bond donors (Lipinski definition) is 0. The second-order valence-electron chi connectivity index (χ2n) is 6.21. The first kappa shape index (κ1) is 15.6. The normalized spacial score (nSPS) is 17.2. The summed E-state index contributed by atoms with van der Waals surface area (Å²) in [5.74, 6) is -0.0529. The number of halogens is 1. The van der Waals surface area contributed by atoms with E-state index in [4.69, 9.17) is 9.15 Å². The van der Waals surface area contributed by atoms with Crippen molar-refractivity contribution in [3.63, 3.8) is 0 Å². The molecule has 1 amide bonds. The molecule has 2 aromatic heterocycles. The van der Waals surface area contributed by atoms with Gasteiger partial charge in [0.05, 0.1) is 18.4 Å². The fourth-order valence-corrected chi connectivity index (χ4v) is 3.09. The van der Waals surface area contributed by atoms with Crippen LogP contribution in [-0.4, -0.2) is 35.0 Å². The molecule has 0 aliphatic carbocycles. The number of ether oxygens (including phenoxy) is 1. The van der Waals surface area contributed by atoms with Crippen LogP contribution in [0.15, 0.2) is 47.2 Å². The highest BCUT2D eigenvalue weighted by molar-refractivity contribution is 6.06. The maximum absolute atomic E-state index is 13.7. The van der Waals surface area contributed by atoms with Crippen molar-refractivity contribution in [3.05, 3.63) is 59.7 Å². The molecule has 5 nitrogen and oxygen atoms in total. The molecule has 0 N–H and O–H groups in total. The monoisotopic (exact) mass is 340 g/mol. The minimum Gasteiger partial charge on any atom is -0.472 e. The average molecular weight is 340 g/mol. The van der Waals surface area contributed by atoms with Gasteiger partial charge < -0.3 is 14.1 Å². The van der Waals surface area contributed by atoms with E-state index in [-0.39, 0.29) is 17.6 Å². The third-order valence-corrected chi connectivity index (χ3v) is 4.40.